The number of carbonyl (C=O) groups excluding carboxylic acids is 1. The third-order valence-electron chi connectivity index (χ3n) is 4.43. The second-order valence-corrected chi connectivity index (χ2v) is 7.63. The number of hydrogen-bond acceptors (Lipinski definition) is 6. The first-order valence-corrected chi connectivity index (χ1v) is 8.97. The minimum atomic E-state index is -0.742. The Morgan fingerprint density at radius 1 is 1.17 bits per heavy atom. The van der Waals surface area contributed by atoms with Gasteiger partial charge in [0.15, 0.2) is 5.76 Å². The summed E-state index contributed by atoms with van der Waals surface area (Å²) in [4.78, 5) is 27.4. The number of benzene rings is 2. The smallest absolute Gasteiger partial charge is 0.311 e. The van der Waals surface area contributed by atoms with Gasteiger partial charge in [-0.2, -0.15) is 0 Å². The molecular weight excluding hydrogens is 374 g/mol. The maximum atomic E-state index is 12.8. The Morgan fingerprint density at radius 3 is 2.48 bits per heavy atom. The van der Waals surface area contributed by atoms with Gasteiger partial charge in [0, 0.05) is 11.6 Å². The number of phenolic OH excluding ortho intramolecular Hbond substituents is 1. The summed E-state index contributed by atoms with van der Waals surface area (Å²) in [5.74, 6) is -0.484. The van der Waals surface area contributed by atoms with Crippen LogP contribution in [0.3, 0.4) is 0 Å². The second-order valence-electron chi connectivity index (χ2n) is 7.63. The van der Waals surface area contributed by atoms with Crippen LogP contribution in [0.5, 0.6) is 5.75 Å². The van der Waals surface area contributed by atoms with Crippen LogP contribution in [0.15, 0.2) is 59.1 Å². The molecule has 3 aromatic rings. The fourth-order valence-electron chi connectivity index (χ4n) is 2.88. The molecule has 8 heteroatoms. The number of carbonyl (C=O) groups is 1. The van der Waals surface area contributed by atoms with Gasteiger partial charge in [-0.3, -0.25) is 14.9 Å². The van der Waals surface area contributed by atoms with Gasteiger partial charge in [-0.15, -0.1) is 0 Å². The second kappa shape index (κ2) is 7.75. The van der Waals surface area contributed by atoms with Gasteiger partial charge in [-0.05, 0) is 11.5 Å². The molecule has 0 aliphatic carbocycles. The fourth-order valence-corrected chi connectivity index (χ4v) is 2.88. The summed E-state index contributed by atoms with van der Waals surface area (Å²) >= 11 is 0. The summed E-state index contributed by atoms with van der Waals surface area (Å²) in [6.07, 6.45) is 1.58. The highest BCUT2D eigenvalue weighted by Gasteiger charge is 2.33. The van der Waals surface area contributed by atoms with Crippen molar-refractivity contribution in [3.8, 4) is 17.1 Å². The van der Waals surface area contributed by atoms with Crippen LogP contribution >= 0.6 is 0 Å². The molecule has 3 rings (SSSR count). The Balaban J connectivity index is 1.92. The van der Waals surface area contributed by atoms with Gasteiger partial charge in [-0.25, -0.2) is 4.98 Å². The maximum absolute atomic E-state index is 12.8. The van der Waals surface area contributed by atoms with Gasteiger partial charge in [0.1, 0.15) is 6.04 Å². The number of amides is 1. The number of phenols is 1. The van der Waals surface area contributed by atoms with Crippen LogP contribution in [0.4, 0.5) is 5.69 Å². The van der Waals surface area contributed by atoms with Gasteiger partial charge < -0.3 is 14.8 Å². The first-order chi connectivity index (χ1) is 13.7. The van der Waals surface area contributed by atoms with E-state index < -0.39 is 33.7 Å². The van der Waals surface area contributed by atoms with Crippen LogP contribution in [0.1, 0.15) is 43.1 Å². The number of nitro benzene ring substituents is 1. The first kappa shape index (κ1) is 20.1. The molecule has 2 N–H and O–H groups in total. The fraction of sp³-hybridized carbons (Fsp3) is 0.238. The molecule has 1 unspecified atom stereocenters. The molecule has 0 saturated heterocycles. The van der Waals surface area contributed by atoms with E-state index in [1.54, 1.807) is 6.20 Å². The highest BCUT2D eigenvalue weighted by molar-refractivity contribution is 5.98. The van der Waals surface area contributed by atoms with E-state index in [9.17, 15) is 20.0 Å². The van der Waals surface area contributed by atoms with E-state index >= 15 is 0 Å². The number of nitrogens with one attached hydrogen (secondary N) is 1. The number of rotatable bonds is 5. The Labute approximate surface area is 167 Å². The summed E-state index contributed by atoms with van der Waals surface area (Å²) in [5, 5.41) is 23.9. The molecule has 1 heterocycles. The highest BCUT2D eigenvalue weighted by atomic mass is 16.6. The number of nitro groups is 1. The van der Waals surface area contributed by atoms with Gasteiger partial charge >= 0.3 is 5.69 Å². The molecule has 0 aliphatic heterocycles. The lowest BCUT2D eigenvalue weighted by atomic mass is 9.86. The number of para-hydroxylation sites is 1. The molecule has 0 radical (unpaired) electrons. The molecule has 0 fully saturated rings. The Kier molecular flexibility index (Phi) is 5.36. The third kappa shape index (κ3) is 4.26. The average Bonchev–Trinajstić information content (AvgIpc) is 3.15. The van der Waals surface area contributed by atoms with E-state index in [0.29, 0.717) is 11.7 Å². The predicted octanol–water partition coefficient (Wildman–Crippen LogP) is 4.47. The summed E-state index contributed by atoms with van der Waals surface area (Å²) < 4.78 is 5.89. The lowest BCUT2D eigenvalue weighted by Gasteiger charge is -2.29. The predicted molar refractivity (Wildman–Crippen MR) is 106 cm³/mol. The van der Waals surface area contributed by atoms with Crippen molar-refractivity contribution >= 4 is 11.6 Å². The molecule has 150 valence electrons. The zero-order valence-electron chi connectivity index (χ0n) is 16.2. The standard InChI is InChI=1S/C21H21N3O5/c1-21(2,3)18(20-22-12-16(29-20)13-8-5-4-6-9-13)23-19(26)14-10-7-11-15(17(14)25)24(27)28/h4-12,18,25H,1-3H3,(H,23,26). The Morgan fingerprint density at radius 2 is 1.86 bits per heavy atom. The number of oxazole rings is 1. The summed E-state index contributed by atoms with van der Waals surface area (Å²) in [7, 11) is 0. The summed E-state index contributed by atoms with van der Waals surface area (Å²) in [6, 6.07) is 12.6. The average molecular weight is 395 g/mol. The van der Waals surface area contributed by atoms with E-state index in [1.165, 1.54) is 12.1 Å². The van der Waals surface area contributed by atoms with Crippen molar-refractivity contribution in [1.29, 1.82) is 0 Å². The van der Waals surface area contributed by atoms with Gasteiger partial charge in [0.25, 0.3) is 5.91 Å². The van der Waals surface area contributed by atoms with Gasteiger partial charge in [-0.1, -0.05) is 57.2 Å². The van der Waals surface area contributed by atoms with Crippen molar-refractivity contribution in [2.24, 2.45) is 5.41 Å². The maximum Gasteiger partial charge on any atom is 0.311 e. The van der Waals surface area contributed by atoms with Gasteiger partial charge in [0.05, 0.1) is 16.7 Å². The van der Waals surface area contributed by atoms with Crippen molar-refractivity contribution in [1.82, 2.24) is 10.3 Å². The molecule has 8 nitrogen and oxygen atoms in total. The SMILES string of the molecule is CC(C)(C)C(NC(=O)c1cccc([N+](=O)[O-])c1O)c1ncc(-c2ccccc2)o1. The number of aromatic hydroxyl groups is 1. The zero-order chi connectivity index (χ0) is 21.2. The van der Waals surface area contributed by atoms with Gasteiger partial charge in [0.2, 0.25) is 11.6 Å². The molecule has 1 aromatic heterocycles. The van der Waals surface area contributed by atoms with Crippen molar-refractivity contribution < 1.29 is 19.2 Å². The van der Waals surface area contributed by atoms with E-state index in [0.717, 1.165) is 11.6 Å². The molecule has 1 atom stereocenters. The molecule has 0 spiro atoms. The Bertz CT molecular complexity index is 1040. The van der Waals surface area contributed by atoms with Crippen LogP contribution in [0.25, 0.3) is 11.3 Å². The highest BCUT2D eigenvalue weighted by Crippen LogP contribution is 2.35. The van der Waals surface area contributed by atoms with Crippen LogP contribution in [-0.4, -0.2) is 20.9 Å². The van der Waals surface area contributed by atoms with Crippen LogP contribution in [0, 0.1) is 15.5 Å². The lowest BCUT2D eigenvalue weighted by molar-refractivity contribution is -0.385. The van der Waals surface area contributed by atoms with Crippen LogP contribution in [-0.2, 0) is 0 Å². The molecule has 0 aliphatic rings. The van der Waals surface area contributed by atoms with Crippen molar-refractivity contribution in [2.45, 2.75) is 26.8 Å². The number of nitrogens with zero attached hydrogens (tertiary/aromatic N) is 2. The Hall–Kier alpha value is -3.68. The monoisotopic (exact) mass is 395 g/mol. The molecule has 0 saturated carbocycles. The number of aromatic nitrogens is 1. The minimum absolute atomic E-state index is 0.191. The quantitative estimate of drug-likeness (QED) is 0.486. The lowest BCUT2D eigenvalue weighted by Crippen LogP contribution is -2.37. The molecule has 29 heavy (non-hydrogen) atoms. The topological polar surface area (TPSA) is 118 Å². The molecular formula is C21H21N3O5. The first-order valence-electron chi connectivity index (χ1n) is 8.97. The van der Waals surface area contributed by atoms with Crippen LogP contribution in [0.2, 0.25) is 0 Å². The minimum Gasteiger partial charge on any atom is -0.502 e. The molecule has 2 aromatic carbocycles. The summed E-state index contributed by atoms with van der Waals surface area (Å²) in [6.45, 7) is 5.70. The molecule has 0 bridgehead atoms. The van der Waals surface area contributed by atoms with E-state index in [1.807, 2.05) is 51.1 Å². The molecule has 1 amide bonds. The van der Waals surface area contributed by atoms with E-state index in [2.05, 4.69) is 10.3 Å². The van der Waals surface area contributed by atoms with E-state index in [-0.39, 0.29) is 5.56 Å². The zero-order valence-corrected chi connectivity index (χ0v) is 16.2. The summed E-state index contributed by atoms with van der Waals surface area (Å²) in [5.41, 5.74) is -0.359. The third-order valence-corrected chi connectivity index (χ3v) is 4.43. The van der Waals surface area contributed by atoms with Crippen molar-refractivity contribution in [3.05, 3.63) is 76.3 Å². The number of hydrogen-bond donors (Lipinski definition) is 2. The van der Waals surface area contributed by atoms with Crippen molar-refractivity contribution in [3.63, 3.8) is 0 Å². The van der Waals surface area contributed by atoms with E-state index in [4.69, 9.17) is 4.42 Å². The van der Waals surface area contributed by atoms with Crippen LogP contribution < -0.4 is 5.32 Å². The van der Waals surface area contributed by atoms with Crippen molar-refractivity contribution in [2.75, 3.05) is 0 Å². The normalized spacial score (nSPS) is 12.4. The largest absolute Gasteiger partial charge is 0.502 e.